The van der Waals surface area contributed by atoms with Crippen molar-refractivity contribution in [3.05, 3.63) is 97.2 Å². The molecule has 0 heterocycles. The highest BCUT2D eigenvalue weighted by Crippen LogP contribution is 2.14. The molecule has 0 saturated heterocycles. The molecular weight excluding hydrogens is 817 g/mol. The maximum Gasteiger partial charge on any atom is 0.306 e. The first-order valence-corrected chi connectivity index (χ1v) is 27.2. The minimum Gasteiger partial charge on any atom is -0.462 e. The van der Waals surface area contributed by atoms with E-state index in [1.807, 2.05) is 0 Å². The summed E-state index contributed by atoms with van der Waals surface area (Å²) in [5.41, 5.74) is 0. The van der Waals surface area contributed by atoms with Crippen LogP contribution in [0.25, 0.3) is 0 Å². The van der Waals surface area contributed by atoms with Crippen LogP contribution in [0.5, 0.6) is 0 Å². The molecule has 0 saturated carbocycles. The van der Waals surface area contributed by atoms with Crippen molar-refractivity contribution in [2.24, 2.45) is 0 Å². The summed E-state index contributed by atoms with van der Waals surface area (Å²) < 4.78 is 16.7. The Morgan fingerprint density at radius 3 is 0.924 bits per heavy atom. The van der Waals surface area contributed by atoms with E-state index < -0.39 is 6.10 Å². The van der Waals surface area contributed by atoms with Crippen molar-refractivity contribution in [3.63, 3.8) is 0 Å². The molecule has 66 heavy (non-hydrogen) atoms. The molecule has 0 rings (SSSR count). The van der Waals surface area contributed by atoms with Gasteiger partial charge in [0.25, 0.3) is 0 Å². The second-order valence-electron chi connectivity index (χ2n) is 17.8. The summed E-state index contributed by atoms with van der Waals surface area (Å²) in [6.45, 7) is 6.45. The molecule has 6 heteroatoms. The Kier molecular flexibility index (Phi) is 50.9. The molecule has 0 aromatic carbocycles. The largest absolute Gasteiger partial charge is 0.462 e. The van der Waals surface area contributed by atoms with Crippen molar-refractivity contribution in [1.82, 2.24) is 0 Å². The Bertz CT molecular complexity index is 1330. The van der Waals surface area contributed by atoms with Crippen molar-refractivity contribution in [3.8, 4) is 0 Å². The fourth-order valence-electron chi connectivity index (χ4n) is 7.28. The van der Waals surface area contributed by atoms with Crippen molar-refractivity contribution in [2.45, 2.75) is 252 Å². The number of rotatable bonds is 48. The topological polar surface area (TPSA) is 78.9 Å². The number of hydrogen-bond donors (Lipinski definition) is 0. The summed E-state index contributed by atoms with van der Waals surface area (Å²) >= 11 is 0. The van der Waals surface area contributed by atoms with Gasteiger partial charge in [0.2, 0.25) is 0 Å². The first-order chi connectivity index (χ1) is 32.5. The molecule has 376 valence electrons. The lowest BCUT2D eigenvalue weighted by Crippen LogP contribution is -2.30. The highest BCUT2D eigenvalue weighted by atomic mass is 16.6. The van der Waals surface area contributed by atoms with Gasteiger partial charge in [-0.3, -0.25) is 14.4 Å². The standard InChI is InChI=1S/C60H100O6/c1-4-7-10-13-16-19-20-21-22-23-24-25-26-27-28-29-30-31-32-33-34-35-36-37-38-39-40-42-44-47-50-53-59(62)65-56-57(55-64-58(61)52-49-46-43-18-15-12-9-6-3)66-60(63)54-51-48-45-41-17-14-11-8-5-2/h7,10,16,19,21-22,24-25,27-28,30-31,33-34,36-37,57H,4-6,8-9,11-15,17-18,20,23,26,29,32,35,38-56H2,1-3H3/b10-7-,19-16-,22-21-,25-24-,28-27-,31-30-,34-33-,37-36-. The molecule has 0 bridgehead atoms. The van der Waals surface area contributed by atoms with Gasteiger partial charge < -0.3 is 14.2 Å². The number of esters is 3. The Labute approximate surface area is 407 Å². The van der Waals surface area contributed by atoms with Crippen LogP contribution in [0.3, 0.4) is 0 Å². The van der Waals surface area contributed by atoms with Crippen LogP contribution in [0, 0.1) is 0 Å². The van der Waals surface area contributed by atoms with Gasteiger partial charge in [0.1, 0.15) is 13.2 Å². The van der Waals surface area contributed by atoms with Gasteiger partial charge in [-0.05, 0) is 83.5 Å². The fraction of sp³-hybridized carbons (Fsp3) is 0.683. The lowest BCUT2D eigenvalue weighted by atomic mass is 10.1. The molecule has 0 amide bonds. The molecule has 6 nitrogen and oxygen atoms in total. The van der Waals surface area contributed by atoms with Crippen LogP contribution in [-0.2, 0) is 28.6 Å². The Morgan fingerprint density at radius 1 is 0.318 bits per heavy atom. The molecule has 0 N–H and O–H groups in total. The highest BCUT2D eigenvalue weighted by molar-refractivity contribution is 5.71. The van der Waals surface area contributed by atoms with Crippen LogP contribution in [-0.4, -0.2) is 37.2 Å². The second-order valence-corrected chi connectivity index (χ2v) is 17.8. The van der Waals surface area contributed by atoms with E-state index >= 15 is 0 Å². The number of ether oxygens (including phenoxy) is 3. The molecule has 0 spiro atoms. The molecule has 0 aliphatic heterocycles. The number of carbonyl (C=O) groups is 3. The predicted molar refractivity (Wildman–Crippen MR) is 284 cm³/mol. The first kappa shape index (κ1) is 62.3. The van der Waals surface area contributed by atoms with Gasteiger partial charge >= 0.3 is 17.9 Å². The lowest BCUT2D eigenvalue weighted by molar-refractivity contribution is -0.167. The van der Waals surface area contributed by atoms with Gasteiger partial charge in [-0.15, -0.1) is 0 Å². The lowest BCUT2D eigenvalue weighted by Gasteiger charge is -2.18. The summed E-state index contributed by atoms with van der Waals surface area (Å²) in [4.78, 5) is 37.7. The summed E-state index contributed by atoms with van der Waals surface area (Å²) in [6.07, 6.45) is 71.4. The highest BCUT2D eigenvalue weighted by Gasteiger charge is 2.19. The van der Waals surface area contributed by atoms with Crippen LogP contribution in [0.4, 0.5) is 0 Å². The quantitative estimate of drug-likeness (QED) is 0.0262. The molecule has 0 aliphatic rings. The maximum absolute atomic E-state index is 12.7. The van der Waals surface area contributed by atoms with Gasteiger partial charge in [-0.2, -0.15) is 0 Å². The van der Waals surface area contributed by atoms with E-state index in [1.165, 1.54) is 83.5 Å². The summed E-state index contributed by atoms with van der Waals surface area (Å²) in [7, 11) is 0. The van der Waals surface area contributed by atoms with E-state index in [4.69, 9.17) is 14.2 Å². The van der Waals surface area contributed by atoms with Crippen LogP contribution in [0.1, 0.15) is 245 Å². The maximum atomic E-state index is 12.7. The van der Waals surface area contributed by atoms with Crippen LogP contribution in [0.2, 0.25) is 0 Å². The van der Waals surface area contributed by atoms with E-state index in [-0.39, 0.29) is 31.1 Å². The molecule has 0 aliphatic carbocycles. The normalized spacial score (nSPS) is 12.8. The predicted octanol–water partition coefficient (Wildman–Crippen LogP) is 18.1. The van der Waals surface area contributed by atoms with E-state index in [9.17, 15) is 14.4 Å². The Morgan fingerprint density at radius 2 is 0.591 bits per heavy atom. The van der Waals surface area contributed by atoms with E-state index in [0.29, 0.717) is 19.3 Å². The molecule has 0 aromatic heterocycles. The molecule has 0 fully saturated rings. The van der Waals surface area contributed by atoms with Gasteiger partial charge in [-0.25, -0.2) is 0 Å². The second kappa shape index (κ2) is 53.9. The van der Waals surface area contributed by atoms with Crippen LogP contribution in [0.15, 0.2) is 97.2 Å². The van der Waals surface area contributed by atoms with E-state index in [0.717, 1.165) is 122 Å². The summed E-state index contributed by atoms with van der Waals surface area (Å²) in [5, 5.41) is 0. The minimum absolute atomic E-state index is 0.0798. The zero-order valence-electron chi connectivity index (χ0n) is 42.9. The average Bonchev–Trinajstić information content (AvgIpc) is 3.31. The summed E-state index contributed by atoms with van der Waals surface area (Å²) in [5.74, 6) is -0.904. The van der Waals surface area contributed by atoms with Crippen molar-refractivity contribution >= 4 is 17.9 Å². The first-order valence-electron chi connectivity index (χ1n) is 27.2. The van der Waals surface area contributed by atoms with Gasteiger partial charge in [0, 0.05) is 19.3 Å². The summed E-state index contributed by atoms with van der Waals surface area (Å²) in [6, 6.07) is 0. The van der Waals surface area contributed by atoms with Crippen LogP contribution >= 0.6 is 0 Å². The van der Waals surface area contributed by atoms with E-state index in [2.05, 4.69) is 118 Å². The van der Waals surface area contributed by atoms with Gasteiger partial charge in [0.05, 0.1) is 0 Å². The number of carbonyl (C=O) groups excluding carboxylic acids is 3. The van der Waals surface area contributed by atoms with Crippen molar-refractivity contribution in [1.29, 1.82) is 0 Å². The molecule has 0 radical (unpaired) electrons. The average molecular weight is 917 g/mol. The number of hydrogen-bond acceptors (Lipinski definition) is 6. The zero-order valence-corrected chi connectivity index (χ0v) is 42.9. The van der Waals surface area contributed by atoms with Crippen LogP contribution < -0.4 is 0 Å². The Hall–Kier alpha value is -3.67. The SMILES string of the molecule is CC/C=C\C/C=C\C/C=C\C/C=C\C/C=C\C/C=C\C/C=C\C/C=C\CCCCCCCCC(=O)OCC(COC(=O)CCCCCCCCCC)OC(=O)CCCCCCCCCCC. The van der Waals surface area contributed by atoms with Gasteiger partial charge in [-0.1, -0.05) is 240 Å². The third-order valence-corrected chi connectivity index (χ3v) is 11.4. The smallest absolute Gasteiger partial charge is 0.306 e. The van der Waals surface area contributed by atoms with Crippen molar-refractivity contribution < 1.29 is 28.6 Å². The molecule has 0 aromatic rings. The Balaban J connectivity index is 4.14. The van der Waals surface area contributed by atoms with Gasteiger partial charge in [0.15, 0.2) is 6.10 Å². The number of allylic oxidation sites excluding steroid dienone is 16. The third-order valence-electron chi connectivity index (χ3n) is 11.4. The number of unbranched alkanes of at least 4 members (excludes halogenated alkanes) is 21. The molecule has 1 unspecified atom stereocenters. The fourth-order valence-corrected chi connectivity index (χ4v) is 7.28. The monoisotopic (exact) mass is 917 g/mol. The third kappa shape index (κ3) is 51.3. The minimum atomic E-state index is -0.777. The van der Waals surface area contributed by atoms with E-state index in [1.54, 1.807) is 0 Å². The molecule has 1 atom stereocenters. The zero-order chi connectivity index (χ0) is 47.9. The van der Waals surface area contributed by atoms with Crippen molar-refractivity contribution in [2.75, 3.05) is 13.2 Å². The molecular formula is C60H100O6.